The summed E-state index contributed by atoms with van der Waals surface area (Å²) in [5.41, 5.74) is 2.62. The van der Waals surface area contributed by atoms with Crippen LogP contribution in [0, 0.1) is 6.92 Å². The van der Waals surface area contributed by atoms with Gasteiger partial charge in [0.15, 0.2) is 0 Å². The zero-order valence-corrected chi connectivity index (χ0v) is 21.1. The highest BCUT2D eigenvalue weighted by molar-refractivity contribution is 7.92. The van der Waals surface area contributed by atoms with Crippen LogP contribution in [0.1, 0.15) is 21.5 Å². The molecule has 1 N–H and O–H groups in total. The van der Waals surface area contributed by atoms with Crippen LogP contribution >= 0.6 is 23.2 Å². The average molecular weight is 525 g/mol. The van der Waals surface area contributed by atoms with Crippen LogP contribution in [-0.4, -0.2) is 14.3 Å². The van der Waals surface area contributed by atoms with Gasteiger partial charge in [-0.25, -0.2) is 8.42 Å². The highest BCUT2D eigenvalue weighted by Gasteiger charge is 2.28. The lowest BCUT2D eigenvalue weighted by molar-refractivity contribution is 0.102. The Bertz CT molecular complexity index is 1450. The second-order valence-corrected chi connectivity index (χ2v) is 10.7. The summed E-state index contributed by atoms with van der Waals surface area (Å²) in [4.78, 5) is 13.4. The van der Waals surface area contributed by atoms with Crippen LogP contribution in [0.4, 0.5) is 11.4 Å². The van der Waals surface area contributed by atoms with Crippen LogP contribution in [0.5, 0.6) is 0 Å². The van der Waals surface area contributed by atoms with Crippen molar-refractivity contribution in [2.75, 3.05) is 9.62 Å². The van der Waals surface area contributed by atoms with E-state index in [1.807, 2.05) is 6.92 Å². The summed E-state index contributed by atoms with van der Waals surface area (Å²) >= 11 is 12.1. The van der Waals surface area contributed by atoms with Gasteiger partial charge in [-0.2, -0.15) is 0 Å². The molecular weight excluding hydrogens is 503 g/mol. The van der Waals surface area contributed by atoms with Crippen molar-refractivity contribution in [3.8, 4) is 0 Å². The number of anilines is 2. The monoisotopic (exact) mass is 524 g/mol. The van der Waals surface area contributed by atoms with Gasteiger partial charge in [-0.3, -0.25) is 9.10 Å². The normalized spacial score (nSPS) is 11.2. The molecule has 0 bridgehead atoms. The maximum absolute atomic E-state index is 13.8. The number of carbonyl (C=O) groups is 1. The minimum Gasteiger partial charge on any atom is -0.322 e. The lowest BCUT2D eigenvalue weighted by Gasteiger charge is -2.27. The molecule has 0 aliphatic heterocycles. The molecule has 35 heavy (non-hydrogen) atoms. The summed E-state index contributed by atoms with van der Waals surface area (Å²) in [6, 6.07) is 26.9. The largest absolute Gasteiger partial charge is 0.322 e. The molecule has 0 aliphatic rings. The Hall–Kier alpha value is -3.32. The van der Waals surface area contributed by atoms with Crippen molar-refractivity contribution in [2.24, 2.45) is 0 Å². The summed E-state index contributed by atoms with van der Waals surface area (Å²) in [7, 11) is -4.02. The third kappa shape index (κ3) is 5.85. The fourth-order valence-corrected chi connectivity index (χ4v) is 5.33. The Morgan fingerprint density at radius 1 is 0.829 bits per heavy atom. The third-order valence-electron chi connectivity index (χ3n) is 5.35. The first kappa shape index (κ1) is 24.8. The van der Waals surface area contributed by atoms with E-state index in [1.165, 1.54) is 4.31 Å². The summed E-state index contributed by atoms with van der Waals surface area (Å²) in [5, 5.41) is 3.82. The summed E-state index contributed by atoms with van der Waals surface area (Å²) in [6.45, 7) is 1.90. The van der Waals surface area contributed by atoms with E-state index in [1.54, 1.807) is 97.1 Å². The number of rotatable bonds is 7. The number of nitrogens with one attached hydrogen (secondary N) is 1. The van der Waals surface area contributed by atoms with Crippen LogP contribution in [0.2, 0.25) is 10.0 Å². The van der Waals surface area contributed by atoms with Crippen molar-refractivity contribution in [1.82, 2.24) is 0 Å². The van der Waals surface area contributed by atoms with E-state index < -0.39 is 15.9 Å². The minimum atomic E-state index is -4.02. The molecule has 4 rings (SSSR count). The predicted octanol–water partition coefficient (Wildman–Crippen LogP) is 6.95. The number of para-hydroxylation sites is 1. The van der Waals surface area contributed by atoms with Crippen molar-refractivity contribution >= 4 is 50.5 Å². The van der Waals surface area contributed by atoms with Crippen molar-refractivity contribution in [3.63, 3.8) is 0 Å². The first-order valence-electron chi connectivity index (χ1n) is 10.7. The topological polar surface area (TPSA) is 66.5 Å². The molecule has 0 saturated heterocycles. The molecule has 178 valence electrons. The first-order valence-corrected chi connectivity index (χ1v) is 12.9. The Kier molecular flexibility index (Phi) is 7.45. The molecule has 8 heteroatoms. The Labute approximate surface area is 215 Å². The van der Waals surface area contributed by atoms with Gasteiger partial charge in [0.25, 0.3) is 15.9 Å². The lowest BCUT2D eigenvalue weighted by Crippen LogP contribution is -2.32. The molecular formula is C27H22Cl2N2O3S. The molecule has 4 aromatic carbocycles. The Morgan fingerprint density at radius 3 is 2.20 bits per heavy atom. The zero-order chi connectivity index (χ0) is 25.0. The number of aryl methyl sites for hydroxylation is 1. The lowest BCUT2D eigenvalue weighted by atomic mass is 10.1. The van der Waals surface area contributed by atoms with Gasteiger partial charge in [-0.05, 0) is 67.1 Å². The van der Waals surface area contributed by atoms with Crippen LogP contribution in [0.25, 0.3) is 0 Å². The quantitative estimate of drug-likeness (QED) is 0.284. The van der Waals surface area contributed by atoms with E-state index >= 15 is 0 Å². The second kappa shape index (κ2) is 10.5. The van der Waals surface area contributed by atoms with E-state index in [2.05, 4.69) is 5.32 Å². The van der Waals surface area contributed by atoms with Crippen molar-refractivity contribution < 1.29 is 13.2 Å². The Balaban J connectivity index is 1.79. The molecule has 0 heterocycles. The number of hydrogen-bond acceptors (Lipinski definition) is 3. The second-order valence-electron chi connectivity index (χ2n) is 7.93. The number of halogens is 2. The predicted molar refractivity (Wildman–Crippen MR) is 142 cm³/mol. The summed E-state index contributed by atoms with van der Waals surface area (Å²) in [5.74, 6) is -0.455. The standard InChI is InChI=1S/C27H22Cl2N2O3S/c1-19-9-15-24(16-10-19)35(33,34)31(18-20-11-13-21(28)14-12-20)26-8-3-2-7-25(26)27(32)30-23-6-4-5-22(29)17-23/h2-17H,18H2,1H3,(H,30,32). The number of nitrogens with zero attached hydrogens (tertiary/aromatic N) is 1. The maximum Gasteiger partial charge on any atom is 0.264 e. The minimum absolute atomic E-state index is 0.00877. The van der Waals surface area contributed by atoms with Gasteiger partial charge >= 0.3 is 0 Å². The SMILES string of the molecule is Cc1ccc(S(=O)(=O)N(Cc2ccc(Cl)cc2)c2ccccc2C(=O)Nc2cccc(Cl)c2)cc1. The number of hydrogen-bond donors (Lipinski definition) is 1. The summed E-state index contributed by atoms with van der Waals surface area (Å²) < 4.78 is 28.9. The van der Waals surface area contributed by atoms with E-state index in [0.29, 0.717) is 15.7 Å². The molecule has 5 nitrogen and oxygen atoms in total. The van der Waals surface area contributed by atoms with Gasteiger partial charge in [0, 0.05) is 15.7 Å². The fourth-order valence-electron chi connectivity index (χ4n) is 3.54. The highest BCUT2D eigenvalue weighted by atomic mass is 35.5. The number of benzene rings is 4. The Morgan fingerprint density at radius 2 is 1.51 bits per heavy atom. The maximum atomic E-state index is 13.8. The van der Waals surface area contributed by atoms with Gasteiger partial charge < -0.3 is 5.32 Å². The van der Waals surface area contributed by atoms with Gasteiger partial charge in [-0.1, -0.05) is 71.2 Å². The van der Waals surface area contributed by atoms with Crippen molar-refractivity contribution in [1.29, 1.82) is 0 Å². The molecule has 0 aromatic heterocycles. The van der Waals surface area contributed by atoms with Crippen LogP contribution in [0.3, 0.4) is 0 Å². The van der Waals surface area contributed by atoms with E-state index in [4.69, 9.17) is 23.2 Å². The molecule has 0 spiro atoms. The van der Waals surface area contributed by atoms with E-state index in [-0.39, 0.29) is 22.7 Å². The van der Waals surface area contributed by atoms with Gasteiger partial charge in [-0.15, -0.1) is 0 Å². The van der Waals surface area contributed by atoms with Crippen LogP contribution < -0.4 is 9.62 Å². The molecule has 1 amide bonds. The molecule has 0 radical (unpaired) electrons. The average Bonchev–Trinajstić information content (AvgIpc) is 2.84. The third-order valence-corrected chi connectivity index (χ3v) is 7.61. The number of amides is 1. The van der Waals surface area contributed by atoms with Gasteiger partial charge in [0.2, 0.25) is 0 Å². The highest BCUT2D eigenvalue weighted by Crippen LogP contribution is 2.30. The number of sulfonamides is 1. The molecule has 0 saturated carbocycles. The van der Waals surface area contributed by atoms with Crippen LogP contribution in [0.15, 0.2) is 102 Å². The van der Waals surface area contributed by atoms with Gasteiger partial charge in [0.05, 0.1) is 22.7 Å². The molecule has 0 unspecified atom stereocenters. The van der Waals surface area contributed by atoms with Crippen molar-refractivity contribution in [3.05, 3.63) is 124 Å². The van der Waals surface area contributed by atoms with Crippen molar-refractivity contribution in [2.45, 2.75) is 18.4 Å². The smallest absolute Gasteiger partial charge is 0.264 e. The first-order chi connectivity index (χ1) is 16.7. The molecule has 0 fully saturated rings. The van der Waals surface area contributed by atoms with E-state index in [0.717, 1.165) is 11.1 Å². The number of carbonyl (C=O) groups excluding carboxylic acids is 1. The molecule has 0 aliphatic carbocycles. The van der Waals surface area contributed by atoms with E-state index in [9.17, 15) is 13.2 Å². The van der Waals surface area contributed by atoms with Gasteiger partial charge in [0.1, 0.15) is 0 Å². The molecule has 0 atom stereocenters. The summed E-state index contributed by atoms with van der Waals surface area (Å²) in [6.07, 6.45) is 0. The zero-order valence-electron chi connectivity index (χ0n) is 18.8. The van der Waals surface area contributed by atoms with Crippen LogP contribution in [-0.2, 0) is 16.6 Å². The fraction of sp³-hybridized carbons (Fsp3) is 0.0741. The molecule has 4 aromatic rings.